The molecule has 13 bridgehead atoms. The number of fused-ring (bicyclic) bond motifs is 26. The minimum absolute atomic E-state index is 0.0533. The zero-order chi connectivity index (χ0) is 90.7. The number of aromatic nitrogens is 3. The van der Waals surface area contributed by atoms with Gasteiger partial charge in [-0.3, -0.25) is 0 Å². The third-order valence-electron chi connectivity index (χ3n) is 23.8. The molecule has 16 aromatic carbocycles. The van der Waals surface area contributed by atoms with Gasteiger partial charge in [0.1, 0.15) is 0 Å². The molecular weight excluding hydrogens is 1380 g/mol. The van der Waals surface area contributed by atoms with E-state index in [9.17, 15) is 21.9 Å². The normalized spacial score (nSPS) is 15.0. The van der Waals surface area contributed by atoms with Crippen molar-refractivity contribution in [3.63, 3.8) is 0 Å². The van der Waals surface area contributed by atoms with Crippen molar-refractivity contribution in [2.75, 3.05) is 9.80 Å². The Labute approximate surface area is 689 Å². The quantitative estimate of drug-likeness (QED) is 0.160. The number of para-hydroxylation sites is 5. The molecule has 544 valence electrons. The van der Waals surface area contributed by atoms with Gasteiger partial charge in [0.05, 0.1) is 66.4 Å². The lowest BCUT2D eigenvalue weighted by atomic mass is 9.33. The molecule has 3 aromatic heterocycles. The van der Waals surface area contributed by atoms with Crippen molar-refractivity contribution in [2.45, 2.75) is 78.6 Å². The van der Waals surface area contributed by atoms with E-state index in [-0.39, 0.29) is 43.6 Å². The molecule has 0 spiro atoms. The largest absolute Gasteiger partial charge is 0.310 e. The standard InChI is InChI=1S/C108H84BN5/c1-106(2,3)75-59-85(67-29-13-10-14-30-67)104-87(61-75)73-35-27-33-69(55-73)71-47-53-97-89(57-71)90-58-72(48-54-98(90)110(97)78-37-17-12-18-38-78)70-34-28-36-74(56-70)88-62-76(107(4,5)6)60-86(68-31-15-11-16-32-68)105(88)114-100-66-80(112-95-45-25-21-41-83(95)84-42-22-26-46-96(84)112)50-52-92(100)109-91-51-49-79(111-93-43-23-19-39-81(93)82-40-20-24-44-94(82)111)65-99(91)113(104)101-63-77(108(7,8)9)64-102(114)103(101)109/h10-66H,1-9H3/i19D,20D,21D,22D,23D,24D,25D,26D,39D,40D,41D,42D,43D,44D,45D,46D. The van der Waals surface area contributed by atoms with Gasteiger partial charge in [0.15, 0.2) is 0 Å². The van der Waals surface area contributed by atoms with Gasteiger partial charge < -0.3 is 23.5 Å². The van der Waals surface area contributed by atoms with E-state index >= 15 is 0 Å². The van der Waals surface area contributed by atoms with Gasteiger partial charge in [-0.15, -0.1) is 0 Å². The Morgan fingerprint density at radius 1 is 0.246 bits per heavy atom. The van der Waals surface area contributed by atoms with Crippen molar-refractivity contribution in [1.82, 2.24) is 13.7 Å². The fourth-order valence-corrected chi connectivity index (χ4v) is 18.2. The lowest BCUT2D eigenvalue weighted by molar-refractivity contribution is 0.590. The van der Waals surface area contributed by atoms with Crippen LogP contribution in [-0.2, 0) is 16.2 Å². The summed E-state index contributed by atoms with van der Waals surface area (Å²) in [4.78, 5) is 4.76. The van der Waals surface area contributed by atoms with E-state index in [0.29, 0.717) is 22.7 Å². The summed E-state index contributed by atoms with van der Waals surface area (Å²) in [5.74, 6) is 0. The van der Waals surface area contributed by atoms with Crippen molar-refractivity contribution in [2.24, 2.45) is 0 Å². The molecule has 0 fully saturated rings. The first-order valence-electron chi connectivity index (χ1n) is 47.0. The lowest BCUT2D eigenvalue weighted by Gasteiger charge is -2.47. The molecule has 22 rings (SSSR count). The maximum Gasteiger partial charge on any atom is 0.252 e. The first-order chi connectivity index (χ1) is 62.1. The Morgan fingerprint density at radius 2 is 0.570 bits per heavy atom. The van der Waals surface area contributed by atoms with Crippen LogP contribution >= 0.6 is 0 Å². The summed E-state index contributed by atoms with van der Waals surface area (Å²) in [6, 6.07) is 79.9. The molecule has 0 aliphatic carbocycles. The second kappa shape index (κ2) is 25.0. The van der Waals surface area contributed by atoms with Gasteiger partial charge >= 0.3 is 0 Å². The third kappa shape index (κ3) is 10.4. The van der Waals surface area contributed by atoms with Crippen molar-refractivity contribution in [3.05, 3.63) is 362 Å². The first-order valence-corrected chi connectivity index (χ1v) is 39.0. The second-order valence-electron chi connectivity index (χ2n) is 33.7. The third-order valence-corrected chi connectivity index (χ3v) is 23.8. The van der Waals surface area contributed by atoms with Gasteiger partial charge in [-0.25, -0.2) is 0 Å². The van der Waals surface area contributed by atoms with Crippen LogP contribution in [-0.4, -0.2) is 20.4 Å². The Morgan fingerprint density at radius 3 is 0.956 bits per heavy atom. The molecule has 0 atom stereocenters. The number of hydrogen-bond donors (Lipinski definition) is 0. The minimum atomic E-state index is -0.797. The maximum atomic E-state index is 10.0. The second-order valence-corrected chi connectivity index (χ2v) is 33.7. The van der Waals surface area contributed by atoms with Crippen LogP contribution < -0.4 is 26.2 Å². The van der Waals surface area contributed by atoms with E-state index in [1.54, 1.807) is 9.13 Å². The first kappa shape index (κ1) is 52.7. The fourth-order valence-electron chi connectivity index (χ4n) is 18.2. The van der Waals surface area contributed by atoms with Gasteiger partial charge in [0, 0.05) is 94.4 Å². The van der Waals surface area contributed by atoms with Crippen LogP contribution in [0.5, 0.6) is 0 Å². The van der Waals surface area contributed by atoms with Crippen molar-refractivity contribution < 1.29 is 21.9 Å². The van der Waals surface area contributed by atoms with Crippen LogP contribution in [0, 0.1) is 0 Å². The monoisotopic (exact) mass is 1480 g/mol. The van der Waals surface area contributed by atoms with Crippen LogP contribution in [0.1, 0.15) is 101 Å². The molecule has 0 saturated carbocycles. The lowest BCUT2D eigenvalue weighted by Crippen LogP contribution is -2.61. The van der Waals surface area contributed by atoms with E-state index in [1.807, 2.05) is 54.6 Å². The van der Waals surface area contributed by atoms with E-state index in [2.05, 4.69) is 271 Å². The summed E-state index contributed by atoms with van der Waals surface area (Å²) in [5, 5.41) is 1.78. The Hall–Kier alpha value is -13.4. The zero-order valence-corrected chi connectivity index (χ0v) is 64.5. The molecule has 6 heteroatoms. The van der Waals surface area contributed by atoms with Gasteiger partial charge in [0.2, 0.25) is 0 Å². The predicted molar refractivity (Wildman–Crippen MR) is 486 cm³/mol. The average Bonchev–Trinajstić information content (AvgIpc) is 1.38. The van der Waals surface area contributed by atoms with Crippen LogP contribution in [0.3, 0.4) is 0 Å². The predicted octanol–water partition coefficient (Wildman–Crippen LogP) is 27.3. The van der Waals surface area contributed by atoms with Crippen LogP contribution in [0.4, 0.5) is 34.1 Å². The van der Waals surface area contributed by atoms with Crippen molar-refractivity contribution in [3.8, 4) is 83.8 Å². The topological polar surface area (TPSA) is 21.3 Å². The van der Waals surface area contributed by atoms with Crippen molar-refractivity contribution in [1.29, 1.82) is 0 Å². The number of anilines is 6. The van der Waals surface area contributed by atoms with Gasteiger partial charge in [0.25, 0.3) is 6.71 Å². The van der Waals surface area contributed by atoms with E-state index in [1.165, 1.54) is 0 Å². The molecule has 0 unspecified atom stereocenters. The van der Waals surface area contributed by atoms with Crippen LogP contribution in [0.2, 0.25) is 0 Å². The molecule has 0 saturated heterocycles. The minimum Gasteiger partial charge on any atom is -0.310 e. The molecule has 3 aliphatic heterocycles. The Balaban J connectivity index is 0.979. The Kier molecular flexibility index (Phi) is 11.6. The molecule has 3 aliphatic rings. The highest BCUT2D eigenvalue weighted by Crippen LogP contribution is 2.57. The highest BCUT2D eigenvalue weighted by atomic mass is 15.2. The summed E-state index contributed by atoms with van der Waals surface area (Å²) in [6.07, 6.45) is 0. The summed E-state index contributed by atoms with van der Waals surface area (Å²) in [7, 11) is 0. The molecule has 19 aromatic rings. The summed E-state index contributed by atoms with van der Waals surface area (Å²) < 4.78 is 159. The van der Waals surface area contributed by atoms with Gasteiger partial charge in [-0.05, 0) is 227 Å². The summed E-state index contributed by atoms with van der Waals surface area (Å²) >= 11 is 0. The van der Waals surface area contributed by atoms with Gasteiger partial charge in [-0.1, -0.05) is 274 Å². The number of hydrogen-bond acceptors (Lipinski definition) is 2. The van der Waals surface area contributed by atoms with Crippen LogP contribution in [0.15, 0.2) is 345 Å². The number of rotatable bonds is 5. The molecule has 0 radical (unpaired) electrons. The molecule has 0 amide bonds. The van der Waals surface area contributed by atoms with Gasteiger partial charge in [-0.2, -0.15) is 0 Å². The molecule has 114 heavy (non-hydrogen) atoms. The van der Waals surface area contributed by atoms with E-state index in [0.717, 1.165) is 150 Å². The van der Waals surface area contributed by atoms with Crippen molar-refractivity contribution >= 4 is 123 Å². The van der Waals surface area contributed by atoms with E-state index in [4.69, 9.17) is 0 Å². The molecule has 0 N–H and O–H groups in total. The Bertz CT molecular complexity index is 7660. The zero-order valence-electron chi connectivity index (χ0n) is 80.5. The molecule has 6 heterocycles. The number of nitrogens with zero attached hydrogens (tertiary/aromatic N) is 5. The molecule has 5 nitrogen and oxygen atoms in total. The molecular formula is C108H84BN5. The number of benzene rings is 16. The summed E-state index contributed by atoms with van der Waals surface area (Å²) in [5.41, 5.74) is 22.1. The maximum absolute atomic E-state index is 10.0. The summed E-state index contributed by atoms with van der Waals surface area (Å²) in [6.45, 7) is 19.2. The van der Waals surface area contributed by atoms with Crippen LogP contribution in [0.25, 0.3) is 149 Å². The highest BCUT2D eigenvalue weighted by Gasteiger charge is 2.47. The smallest absolute Gasteiger partial charge is 0.252 e. The van der Waals surface area contributed by atoms with E-state index < -0.39 is 120 Å². The fraction of sp³-hybridized carbons (Fsp3) is 0.111. The SMILES string of the molecule is [2H]c1c([2H])c([2H])c2c(c1[2H])c1c([2H])c([2H])c([2H])c([2H])c1n2-c1ccc2c(c1)N1c3cc(C(C)(C)C)cc4c3B2c2ccc(-n3c5c([2H])c([2H])c([2H])c([2H])c5c5c([2H])c([2H])c([2H])c([2H])c53)cc2N4c2c(-c3ccccc3)cc(C(C)(C)C)cc2-c2cccc(c2)-c2ccc3c(c2)c2cc(ccc2n3-c2ccccc2)-c2cccc(c2)-c2cc(C(C)(C)C)cc(-c3ccccc3)c21. The average molecular weight is 1480 g/mol. The highest BCUT2D eigenvalue weighted by molar-refractivity contribution is 7.00.